The predicted octanol–water partition coefficient (Wildman–Crippen LogP) is 3.19. The largest absolute Gasteiger partial charge is 0.496 e. The first-order chi connectivity index (χ1) is 13.6. The van der Waals surface area contributed by atoms with Crippen molar-refractivity contribution in [2.75, 3.05) is 19.5 Å². The Morgan fingerprint density at radius 1 is 1.28 bits per heavy atom. The minimum atomic E-state index is -4.65. The second-order valence-corrected chi connectivity index (χ2v) is 6.07. The zero-order valence-corrected chi connectivity index (χ0v) is 15.1. The minimum absolute atomic E-state index is 0.103. The van der Waals surface area contributed by atoms with Crippen LogP contribution in [0.2, 0.25) is 0 Å². The summed E-state index contributed by atoms with van der Waals surface area (Å²) < 4.78 is 71.1. The summed E-state index contributed by atoms with van der Waals surface area (Å²) in [6.07, 6.45) is -2.30. The summed E-state index contributed by atoms with van der Waals surface area (Å²) in [7, 11) is 2.72. The maximum absolute atomic E-state index is 13.7. The third-order valence-electron chi connectivity index (χ3n) is 4.16. The van der Waals surface area contributed by atoms with Gasteiger partial charge >= 0.3 is 6.18 Å². The average molecular weight is 414 g/mol. The number of benzene rings is 1. The van der Waals surface area contributed by atoms with Crippen LogP contribution in [-0.2, 0) is 11.0 Å². The predicted molar refractivity (Wildman–Crippen MR) is 93.4 cm³/mol. The molecule has 0 saturated heterocycles. The molecule has 0 radical (unpaired) electrons. The van der Waals surface area contributed by atoms with Crippen LogP contribution in [0.15, 0.2) is 36.5 Å². The summed E-state index contributed by atoms with van der Waals surface area (Å²) in [5, 5.41) is 3.52. The monoisotopic (exact) mass is 414 g/mol. The van der Waals surface area contributed by atoms with Crippen LogP contribution in [0.4, 0.5) is 27.6 Å². The number of carbonyl (C=O) groups is 1. The van der Waals surface area contributed by atoms with E-state index >= 15 is 0 Å². The molecule has 2 aromatic rings. The van der Waals surface area contributed by atoms with Crippen molar-refractivity contribution in [2.45, 2.75) is 12.2 Å². The van der Waals surface area contributed by atoms with Gasteiger partial charge in [0.25, 0.3) is 0 Å². The van der Waals surface area contributed by atoms with Gasteiger partial charge in [0, 0.05) is 19.3 Å². The molecule has 0 bridgehead atoms. The van der Waals surface area contributed by atoms with E-state index in [1.54, 1.807) is 0 Å². The summed E-state index contributed by atoms with van der Waals surface area (Å²) in [4.78, 5) is 15.8. The standard InChI is InChI=1S/C18H15F5N4O2/c1-27-13(9-8-24-15(18(21,22)23)7-14(9)29-2)6-12(26-27)17(28)25-16-10(19)4-3-5-11(16)20/h3-8,12,26H,1-2H3,(H,25,28). The zero-order valence-electron chi connectivity index (χ0n) is 15.1. The molecule has 1 aromatic carbocycles. The summed E-state index contributed by atoms with van der Waals surface area (Å²) in [5.41, 5.74) is 1.51. The molecular formula is C18H15F5N4O2. The molecular weight excluding hydrogens is 399 g/mol. The Hall–Kier alpha value is -3.21. The van der Waals surface area contributed by atoms with E-state index in [9.17, 15) is 26.7 Å². The van der Waals surface area contributed by atoms with Gasteiger partial charge in [-0.25, -0.2) is 14.2 Å². The molecule has 0 fully saturated rings. The quantitative estimate of drug-likeness (QED) is 0.753. The van der Waals surface area contributed by atoms with E-state index in [0.29, 0.717) is 5.70 Å². The highest BCUT2D eigenvalue weighted by molar-refractivity contribution is 5.98. The topological polar surface area (TPSA) is 66.5 Å². The minimum Gasteiger partial charge on any atom is -0.496 e. The van der Waals surface area contributed by atoms with Gasteiger partial charge in [-0.05, 0) is 18.2 Å². The maximum atomic E-state index is 13.7. The lowest BCUT2D eigenvalue weighted by molar-refractivity contribution is -0.141. The molecule has 3 rings (SSSR count). The number of alkyl halides is 3. The number of hydrazine groups is 1. The van der Waals surface area contributed by atoms with Crippen LogP contribution in [-0.4, -0.2) is 36.1 Å². The number of ether oxygens (including phenoxy) is 1. The molecule has 1 aromatic heterocycles. The van der Waals surface area contributed by atoms with Gasteiger partial charge in [-0.1, -0.05) is 6.07 Å². The summed E-state index contributed by atoms with van der Waals surface area (Å²) in [6, 6.07) is 2.84. The number of pyridine rings is 1. The number of amides is 1. The third-order valence-corrected chi connectivity index (χ3v) is 4.16. The summed E-state index contributed by atoms with van der Waals surface area (Å²) >= 11 is 0. The second kappa shape index (κ2) is 7.66. The van der Waals surface area contributed by atoms with E-state index < -0.39 is 41.1 Å². The molecule has 0 saturated carbocycles. The molecule has 1 unspecified atom stereocenters. The SMILES string of the molecule is COc1cc(C(F)(F)F)ncc1C1=CC(C(=O)Nc2c(F)cccc2F)NN1C. The first-order valence-electron chi connectivity index (χ1n) is 8.20. The Bertz CT molecular complexity index is 957. The number of halogens is 5. The zero-order chi connectivity index (χ0) is 21.3. The van der Waals surface area contributed by atoms with Crippen molar-refractivity contribution in [2.24, 2.45) is 0 Å². The number of para-hydroxylation sites is 1. The van der Waals surface area contributed by atoms with E-state index in [1.165, 1.54) is 25.2 Å². The van der Waals surface area contributed by atoms with Gasteiger partial charge in [0.1, 0.15) is 34.8 Å². The van der Waals surface area contributed by atoms with E-state index in [1.807, 2.05) is 0 Å². The highest BCUT2D eigenvalue weighted by Crippen LogP contribution is 2.35. The fourth-order valence-corrected chi connectivity index (χ4v) is 2.76. The molecule has 2 heterocycles. The number of nitrogens with one attached hydrogen (secondary N) is 2. The molecule has 11 heteroatoms. The summed E-state index contributed by atoms with van der Waals surface area (Å²) in [5.74, 6) is -2.76. The first kappa shape index (κ1) is 20.5. The highest BCUT2D eigenvalue weighted by Gasteiger charge is 2.35. The first-order valence-corrected chi connectivity index (χ1v) is 8.20. The van der Waals surface area contributed by atoms with Crippen molar-refractivity contribution in [3.05, 3.63) is 59.4 Å². The molecule has 2 N–H and O–H groups in total. The van der Waals surface area contributed by atoms with Gasteiger partial charge in [0.05, 0.1) is 18.4 Å². The Kier molecular flexibility index (Phi) is 5.42. The Labute approximate surface area is 161 Å². The van der Waals surface area contributed by atoms with Crippen molar-refractivity contribution < 1.29 is 31.5 Å². The Morgan fingerprint density at radius 2 is 1.93 bits per heavy atom. The van der Waals surface area contributed by atoms with Crippen LogP contribution >= 0.6 is 0 Å². The van der Waals surface area contributed by atoms with Crippen molar-refractivity contribution >= 4 is 17.3 Å². The number of hydrogen-bond acceptors (Lipinski definition) is 5. The third kappa shape index (κ3) is 4.14. The van der Waals surface area contributed by atoms with Crippen molar-refractivity contribution in [1.29, 1.82) is 0 Å². The van der Waals surface area contributed by atoms with Crippen LogP contribution in [0.5, 0.6) is 5.75 Å². The lowest BCUT2D eigenvalue weighted by Crippen LogP contribution is -2.41. The van der Waals surface area contributed by atoms with E-state index in [0.717, 1.165) is 30.5 Å². The molecule has 154 valence electrons. The second-order valence-electron chi connectivity index (χ2n) is 6.07. The molecule has 1 amide bonds. The number of hydrogen-bond donors (Lipinski definition) is 2. The lowest BCUT2D eigenvalue weighted by atomic mass is 10.1. The maximum Gasteiger partial charge on any atom is 0.433 e. The van der Waals surface area contributed by atoms with E-state index in [-0.39, 0.29) is 11.3 Å². The Morgan fingerprint density at radius 3 is 2.52 bits per heavy atom. The molecule has 29 heavy (non-hydrogen) atoms. The molecule has 0 spiro atoms. The average Bonchev–Trinajstić information content (AvgIpc) is 3.05. The van der Waals surface area contributed by atoms with Gasteiger partial charge in [0.15, 0.2) is 0 Å². The number of nitrogens with zero attached hydrogens (tertiary/aromatic N) is 2. The number of carbonyl (C=O) groups excluding carboxylic acids is 1. The van der Waals surface area contributed by atoms with Crippen LogP contribution in [0.25, 0.3) is 5.70 Å². The van der Waals surface area contributed by atoms with Gasteiger partial charge in [-0.15, -0.1) is 0 Å². The van der Waals surface area contributed by atoms with E-state index in [4.69, 9.17) is 4.74 Å². The molecule has 1 aliphatic heterocycles. The number of methoxy groups -OCH3 is 1. The van der Waals surface area contributed by atoms with Gasteiger partial charge in [-0.2, -0.15) is 13.2 Å². The number of anilines is 1. The number of aromatic nitrogens is 1. The van der Waals surface area contributed by atoms with E-state index in [2.05, 4.69) is 15.7 Å². The lowest BCUT2D eigenvalue weighted by Gasteiger charge is -2.20. The molecule has 0 aliphatic carbocycles. The van der Waals surface area contributed by atoms with Crippen LogP contribution in [0.1, 0.15) is 11.3 Å². The molecule has 1 atom stereocenters. The van der Waals surface area contributed by atoms with Crippen molar-refractivity contribution in [1.82, 2.24) is 15.4 Å². The fraction of sp³-hybridized carbons (Fsp3) is 0.222. The fourth-order valence-electron chi connectivity index (χ4n) is 2.76. The number of rotatable bonds is 4. The summed E-state index contributed by atoms with van der Waals surface area (Å²) in [6.45, 7) is 0. The van der Waals surface area contributed by atoms with Crippen LogP contribution in [0, 0.1) is 11.6 Å². The van der Waals surface area contributed by atoms with Crippen molar-refractivity contribution in [3.8, 4) is 5.75 Å². The van der Waals surface area contributed by atoms with Gasteiger partial charge in [-0.3, -0.25) is 9.78 Å². The van der Waals surface area contributed by atoms with Crippen molar-refractivity contribution in [3.63, 3.8) is 0 Å². The van der Waals surface area contributed by atoms with Crippen LogP contribution < -0.4 is 15.5 Å². The van der Waals surface area contributed by atoms with Gasteiger partial charge < -0.3 is 15.1 Å². The van der Waals surface area contributed by atoms with Gasteiger partial charge in [0.2, 0.25) is 5.91 Å². The van der Waals surface area contributed by atoms with Crippen LogP contribution in [0.3, 0.4) is 0 Å². The highest BCUT2D eigenvalue weighted by atomic mass is 19.4. The normalized spacial score (nSPS) is 16.6. The smallest absolute Gasteiger partial charge is 0.433 e. The Balaban J connectivity index is 1.88. The molecule has 1 aliphatic rings. The molecule has 6 nitrogen and oxygen atoms in total.